The van der Waals surface area contributed by atoms with Crippen LogP contribution in [0.4, 0.5) is 0 Å². The van der Waals surface area contributed by atoms with E-state index >= 15 is 0 Å². The molecule has 98 valence electrons. The minimum absolute atomic E-state index is 0.318. The molecule has 3 heteroatoms. The lowest BCUT2D eigenvalue weighted by Gasteiger charge is -2.42. The summed E-state index contributed by atoms with van der Waals surface area (Å²) in [4.78, 5) is 2.50. The molecule has 2 saturated heterocycles. The summed E-state index contributed by atoms with van der Waals surface area (Å²) in [6.45, 7) is 0.318. The van der Waals surface area contributed by atoms with Gasteiger partial charge in [-0.2, -0.15) is 0 Å². The third kappa shape index (κ3) is 2.10. The second kappa shape index (κ2) is 5.10. The third-order valence-corrected chi connectivity index (χ3v) is 5.66. The van der Waals surface area contributed by atoms with Gasteiger partial charge in [0, 0.05) is 28.2 Å². The maximum atomic E-state index is 9.79. The molecule has 0 aliphatic carbocycles. The Morgan fingerprint density at radius 2 is 2.00 bits per heavy atom. The molecule has 3 rings (SSSR count). The monoisotopic (exact) mass is 357 g/mol. The van der Waals surface area contributed by atoms with Gasteiger partial charge in [0.15, 0.2) is 0 Å². The number of aliphatic hydroxyl groups is 1. The summed E-state index contributed by atoms with van der Waals surface area (Å²) >= 11 is 2.35. The van der Waals surface area contributed by atoms with Crippen molar-refractivity contribution in [2.24, 2.45) is 5.92 Å². The summed E-state index contributed by atoms with van der Waals surface area (Å²) in [5.41, 5.74) is 1.42. The number of benzene rings is 1. The molecular weight excluding hydrogens is 337 g/mol. The van der Waals surface area contributed by atoms with Gasteiger partial charge in [-0.15, -0.1) is 0 Å². The van der Waals surface area contributed by atoms with Gasteiger partial charge in [0.1, 0.15) is 0 Å². The van der Waals surface area contributed by atoms with Crippen LogP contribution in [0.5, 0.6) is 0 Å². The first-order chi connectivity index (χ1) is 8.70. The maximum absolute atomic E-state index is 9.79. The number of hydrogen-bond acceptors (Lipinski definition) is 2. The van der Waals surface area contributed by atoms with Crippen LogP contribution in [0.1, 0.15) is 30.7 Å². The Labute approximate surface area is 123 Å². The highest BCUT2D eigenvalue weighted by Crippen LogP contribution is 2.45. The van der Waals surface area contributed by atoms with Crippen LogP contribution in [-0.4, -0.2) is 35.7 Å². The summed E-state index contributed by atoms with van der Waals surface area (Å²) in [5, 5.41) is 9.79. The van der Waals surface area contributed by atoms with E-state index in [9.17, 15) is 5.11 Å². The quantitative estimate of drug-likeness (QED) is 0.823. The summed E-state index contributed by atoms with van der Waals surface area (Å²) < 4.78 is 1.28. The van der Waals surface area contributed by atoms with Gasteiger partial charge < -0.3 is 10.0 Å². The van der Waals surface area contributed by atoms with Gasteiger partial charge in [0.05, 0.1) is 0 Å². The first-order valence-electron chi connectivity index (χ1n) is 6.79. The highest BCUT2D eigenvalue weighted by molar-refractivity contribution is 14.1. The SMILES string of the molecule is CN1C2CCC1C(CO)C(c1ccc(I)cc1)C2. The van der Waals surface area contributed by atoms with Crippen LogP contribution >= 0.6 is 22.6 Å². The van der Waals surface area contributed by atoms with Crippen molar-refractivity contribution in [2.75, 3.05) is 13.7 Å². The van der Waals surface area contributed by atoms with Crippen LogP contribution < -0.4 is 0 Å². The van der Waals surface area contributed by atoms with Gasteiger partial charge in [0.25, 0.3) is 0 Å². The van der Waals surface area contributed by atoms with Crippen LogP contribution in [0.2, 0.25) is 0 Å². The van der Waals surface area contributed by atoms with Crippen molar-refractivity contribution in [3.8, 4) is 0 Å². The lowest BCUT2D eigenvalue weighted by molar-refractivity contribution is 0.0592. The molecule has 4 atom stereocenters. The van der Waals surface area contributed by atoms with Crippen molar-refractivity contribution < 1.29 is 5.11 Å². The molecule has 4 unspecified atom stereocenters. The Morgan fingerprint density at radius 1 is 1.28 bits per heavy atom. The largest absolute Gasteiger partial charge is 0.396 e. The van der Waals surface area contributed by atoms with Crippen LogP contribution in [0.3, 0.4) is 0 Å². The first-order valence-corrected chi connectivity index (χ1v) is 7.87. The molecule has 2 fully saturated rings. The molecule has 0 amide bonds. The van der Waals surface area contributed by atoms with Crippen molar-refractivity contribution in [2.45, 2.75) is 37.3 Å². The molecule has 2 heterocycles. The molecule has 0 saturated carbocycles. The van der Waals surface area contributed by atoms with Crippen molar-refractivity contribution >= 4 is 22.6 Å². The Morgan fingerprint density at radius 3 is 2.67 bits per heavy atom. The molecule has 1 aromatic rings. The van der Waals surface area contributed by atoms with Crippen LogP contribution in [0, 0.1) is 9.49 Å². The number of rotatable bonds is 2. The first kappa shape index (κ1) is 12.9. The molecule has 2 bridgehead atoms. The number of aliphatic hydroxyl groups excluding tert-OH is 1. The average Bonchev–Trinajstić information content (AvgIpc) is 2.63. The number of fused-ring (bicyclic) bond motifs is 2. The summed E-state index contributed by atoms with van der Waals surface area (Å²) in [5.74, 6) is 0.953. The molecule has 1 N–H and O–H groups in total. The Hall–Kier alpha value is -0.130. The topological polar surface area (TPSA) is 23.5 Å². The van der Waals surface area contributed by atoms with Crippen molar-refractivity contribution in [3.63, 3.8) is 0 Å². The fourth-order valence-corrected chi connectivity index (χ4v) is 4.28. The molecule has 1 aromatic carbocycles. The Kier molecular flexibility index (Phi) is 3.65. The minimum Gasteiger partial charge on any atom is -0.396 e. The zero-order chi connectivity index (χ0) is 12.7. The van der Waals surface area contributed by atoms with E-state index in [1.54, 1.807) is 0 Å². The van der Waals surface area contributed by atoms with Gasteiger partial charge in [-0.25, -0.2) is 0 Å². The molecule has 0 radical (unpaired) electrons. The average molecular weight is 357 g/mol. The number of hydrogen-bond donors (Lipinski definition) is 1. The second-order valence-corrected chi connectivity index (χ2v) is 6.95. The molecule has 18 heavy (non-hydrogen) atoms. The molecule has 2 aliphatic rings. The van der Waals surface area contributed by atoms with Gasteiger partial charge >= 0.3 is 0 Å². The number of piperidine rings is 1. The summed E-state index contributed by atoms with van der Waals surface area (Å²) in [7, 11) is 2.23. The van der Waals surface area contributed by atoms with E-state index in [0.717, 1.165) is 6.04 Å². The van der Waals surface area contributed by atoms with Crippen LogP contribution in [0.25, 0.3) is 0 Å². The van der Waals surface area contributed by atoms with Gasteiger partial charge in [0.2, 0.25) is 0 Å². The lowest BCUT2D eigenvalue weighted by atomic mass is 9.76. The minimum atomic E-state index is 0.318. The number of nitrogens with zero attached hydrogens (tertiary/aromatic N) is 1. The fraction of sp³-hybridized carbons (Fsp3) is 0.600. The van der Waals surface area contributed by atoms with Gasteiger partial charge in [-0.05, 0) is 72.5 Å². The van der Waals surface area contributed by atoms with E-state index in [0.29, 0.717) is 24.5 Å². The van der Waals surface area contributed by atoms with Crippen molar-refractivity contribution in [3.05, 3.63) is 33.4 Å². The Bertz CT molecular complexity index is 419. The highest BCUT2D eigenvalue weighted by Gasteiger charge is 2.45. The molecule has 2 aliphatic heterocycles. The predicted molar refractivity (Wildman–Crippen MR) is 81.7 cm³/mol. The predicted octanol–water partition coefficient (Wildman–Crippen LogP) is 2.85. The molecule has 0 spiro atoms. The van der Waals surface area contributed by atoms with E-state index in [-0.39, 0.29) is 0 Å². The van der Waals surface area contributed by atoms with E-state index in [1.165, 1.54) is 28.4 Å². The molecule has 0 aromatic heterocycles. The normalized spacial score (nSPS) is 35.9. The maximum Gasteiger partial charge on any atom is 0.0480 e. The van der Waals surface area contributed by atoms with E-state index in [2.05, 4.69) is 58.8 Å². The zero-order valence-electron chi connectivity index (χ0n) is 10.7. The van der Waals surface area contributed by atoms with Crippen molar-refractivity contribution in [1.29, 1.82) is 0 Å². The zero-order valence-corrected chi connectivity index (χ0v) is 12.9. The van der Waals surface area contributed by atoms with Gasteiger partial charge in [-0.1, -0.05) is 12.1 Å². The van der Waals surface area contributed by atoms with E-state index < -0.39 is 0 Å². The van der Waals surface area contributed by atoms with E-state index in [4.69, 9.17) is 0 Å². The summed E-state index contributed by atoms with van der Waals surface area (Å²) in [6.07, 6.45) is 3.77. The standard InChI is InChI=1S/C15H20INO/c1-17-12-6-7-15(17)14(9-18)13(8-12)10-2-4-11(16)5-3-10/h2-5,12-15,18H,6-9H2,1H3. The number of halogens is 1. The smallest absolute Gasteiger partial charge is 0.0480 e. The molecule has 2 nitrogen and oxygen atoms in total. The summed E-state index contributed by atoms with van der Waals surface area (Å²) in [6, 6.07) is 10.2. The van der Waals surface area contributed by atoms with Crippen molar-refractivity contribution in [1.82, 2.24) is 4.90 Å². The fourth-order valence-electron chi connectivity index (χ4n) is 3.92. The second-order valence-electron chi connectivity index (χ2n) is 5.70. The third-order valence-electron chi connectivity index (χ3n) is 4.94. The van der Waals surface area contributed by atoms with Gasteiger partial charge in [-0.3, -0.25) is 0 Å². The lowest BCUT2D eigenvalue weighted by Crippen LogP contribution is -2.47. The Balaban J connectivity index is 1.89. The van der Waals surface area contributed by atoms with Crippen LogP contribution in [0.15, 0.2) is 24.3 Å². The van der Waals surface area contributed by atoms with Crippen LogP contribution in [-0.2, 0) is 0 Å². The van der Waals surface area contributed by atoms with E-state index in [1.807, 2.05) is 0 Å². The highest BCUT2D eigenvalue weighted by atomic mass is 127. The molecular formula is C15H20INO.